The number of fused-ring (bicyclic) bond motifs is 3. The third-order valence-corrected chi connectivity index (χ3v) is 3.64. The molecule has 2 aromatic rings. The van der Waals surface area contributed by atoms with Crippen LogP contribution < -0.4 is 10.1 Å². The lowest BCUT2D eigenvalue weighted by Gasteiger charge is -2.05. The topological polar surface area (TPSA) is 63.3 Å². The molecule has 21 heavy (non-hydrogen) atoms. The third kappa shape index (κ3) is 2.35. The zero-order valence-electron chi connectivity index (χ0n) is 12.2. The van der Waals surface area contributed by atoms with Gasteiger partial charge in [-0.15, -0.1) is 0 Å². The summed E-state index contributed by atoms with van der Waals surface area (Å²) in [6.07, 6.45) is 2.58. The van der Waals surface area contributed by atoms with E-state index in [1.54, 1.807) is 20.2 Å². The first kappa shape index (κ1) is 13.5. The molecule has 0 saturated heterocycles. The van der Waals surface area contributed by atoms with Gasteiger partial charge in [0.15, 0.2) is 0 Å². The van der Waals surface area contributed by atoms with Gasteiger partial charge in [-0.05, 0) is 31.0 Å². The SMILES string of the molecule is CCOC(=O)C1=CNCCc2c1[nH]c1cc(OC)ccc21. The molecule has 0 aliphatic carbocycles. The molecule has 1 aliphatic rings. The third-order valence-electron chi connectivity index (χ3n) is 3.64. The molecular weight excluding hydrogens is 268 g/mol. The molecule has 0 amide bonds. The van der Waals surface area contributed by atoms with Crippen LogP contribution in [0.25, 0.3) is 16.5 Å². The maximum absolute atomic E-state index is 12.1. The highest BCUT2D eigenvalue weighted by atomic mass is 16.5. The molecule has 1 aromatic heterocycles. The monoisotopic (exact) mass is 286 g/mol. The lowest BCUT2D eigenvalue weighted by molar-refractivity contribution is -0.136. The van der Waals surface area contributed by atoms with Crippen molar-refractivity contribution in [2.45, 2.75) is 13.3 Å². The second-order valence-corrected chi connectivity index (χ2v) is 4.87. The largest absolute Gasteiger partial charge is 0.497 e. The van der Waals surface area contributed by atoms with Gasteiger partial charge in [-0.3, -0.25) is 0 Å². The number of aromatic nitrogens is 1. The van der Waals surface area contributed by atoms with Gasteiger partial charge in [-0.2, -0.15) is 0 Å². The highest BCUT2D eigenvalue weighted by Crippen LogP contribution is 2.31. The molecule has 1 aromatic carbocycles. The van der Waals surface area contributed by atoms with Gasteiger partial charge in [-0.25, -0.2) is 4.79 Å². The van der Waals surface area contributed by atoms with E-state index in [4.69, 9.17) is 9.47 Å². The van der Waals surface area contributed by atoms with Gasteiger partial charge in [0.1, 0.15) is 5.75 Å². The number of aromatic amines is 1. The Labute approximate surface area is 122 Å². The van der Waals surface area contributed by atoms with Gasteiger partial charge >= 0.3 is 5.97 Å². The van der Waals surface area contributed by atoms with Crippen molar-refractivity contribution in [3.8, 4) is 5.75 Å². The summed E-state index contributed by atoms with van der Waals surface area (Å²) in [4.78, 5) is 15.5. The minimum Gasteiger partial charge on any atom is -0.497 e. The second kappa shape index (κ2) is 5.52. The molecule has 2 N–H and O–H groups in total. The second-order valence-electron chi connectivity index (χ2n) is 4.87. The molecular formula is C16H18N2O3. The number of methoxy groups -OCH3 is 1. The van der Waals surface area contributed by atoms with E-state index in [0.29, 0.717) is 12.2 Å². The quantitative estimate of drug-likeness (QED) is 0.849. The van der Waals surface area contributed by atoms with Crippen LogP contribution in [0.1, 0.15) is 18.2 Å². The van der Waals surface area contributed by atoms with Crippen LogP contribution in [0.3, 0.4) is 0 Å². The minimum atomic E-state index is -0.313. The summed E-state index contributed by atoms with van der Waals surface area (Å²) in [5.74, 6) is 0.477. The fraction of sp³-hybridized carbons (Fsp3) is 0.312. The number of esters is 1. The molecule has 0 radical (unpaired) electrons. The van der Waals surface area contributed by atoms with E-state index in [2.05, 4.69) is 10.3 Å². The van der Waals surface area contributed by atoms with Gasteiger partial charge in [0.25, 0.3) is 0 Å². The van der Waals surface area contributed by atoms with E-state index in [0.717, 1.165) is 40.9 Å². The summed E-state index contributed by atoms with van der Waals surface area (Å²) < 4.78 is 10.4. The van der Waals surface area contributed by atoms with Gasteiger partial charge in [0.2, 0.25) is 0 Å². The van der Waals surface area contributed by atoms with Crippen LogP contribution in [0.2, 0.25) is 0 Å². The maximum atomic E-state index is 12.1. The van der Waals surface area contributed by atoms with E-state index < -0.39 is 0 Å². The number of benzene rings is 1. The fourth-order valence-corrected chi connectivity index (χ4v) is 2.66. The summed E-state index contributed by atoms with van der Waals surface area (Å²) in [6, 6.07) is 5.90. The molecule has 3 rings (SSSR count). The highest BCUT2D eigenvalue weighted by Gasteiger charge is 2.22. The molecule has 1 aliphatic heterocycles. The predicted molar refractivity (Wildman–Crippen MR) is 81.2 cm³/mol. The van der Waals surface area contributed by atoms with Crippen LogP contribution in [-0.4, -0.2) is 31.2 Å². The molecule has 5 nitrogen and oxygen atoms in total. The summed E-state index contributed by atoms with van der Waals surface area (Å²) >= 11 is 0. The van der Waals surface area contributed by atoms with Crippen molar-refractivity contribution in [2.75, 3.05) is 20.3 Å². The lowest BCUT2D eigenvalue weighted by Crippen LogP contribution is -2.11. The van der Waals surface area contributed by atoms with Crippen LogP contribution in [0.5, 0.6) is 5.75 Å². The molecule has 0 unspecified atom stereocenters. The van der Waals surface area contributed by atoms with E-state index in [9.17, 15) is 4.79 Å². The van der Waals surface area contributed by atoms with E-state index in [1.165, 1.54) is 0 Å². The Morgan fingerprint density at radius 1 is 1.38 bits per heavy atom. The van der Waals surface area contributed by atoms with Gasteiger partial charge in [0.05, 0.1) is 25.0 Å². The number of hydrogen-bond acceptors (Lipinski definition) is 4. The number of nitrogens with one attached hydrogen (secondary N) is 2. The zero-order chi connectivity index (χ0) is 14.8. The number of H-pyrrole nitrogens is 1. The van der Waals surface area contributed by atoms with E-state index in [-0.39, 0.29) is 5.97 Å². The minimum absolute atomic E-state index is 0.313. The number of hydrogen-bond donors (Lipinski definition) is 2. The van der Waals surface area contributed by atoms with Crippen LogP contribution >= 0.6 is 0 Å². The molecule has 0 atom stereocenters. The first-order chi connectivity index (χ1) is 10.2. The number of rotatable bonds is 3. The molecule has 5 heteroatoms. The van der Waals surface area contributed by atoms with E-state index >= 15 is 0 Å². The lowest BCUT2D eigenvalue weighted by atomic mass is 10.0. The van der Waals surface area contributed by atoms with Crippen molar-refractivity contribution in [3.05, 3.63) is 35.7 Å². The summed E-state index contributed by atoms with van der Waals surface area (Å²) in [6.45, 7) is 2.95. The Kier molecular flexibility index (Phi) is 3.56. The predicted octanol–water partition coefficient (Wildman–Crippen LogP) is 2.23. The Morgan fingerprint density at radius 3 is 3.00 bits per heavy atom. The molecule has 0 bridgehead atoms. The first-order valence-corrected chi connectivity index (χ1v) is 7.04. The molecule has 0 saturated carbocycles. The molecule has 110 valence electrons. The summed E-state index contributed by atoms with van der Waals surface area (Å²) in [5.41, 5.74) is 3.48. The van der Waals surface area contributed by atoms with E-state index in [1.807, 2.05) is 18.2 Å². The maximum Gasteiger partial charge on any atom is 0.341 e. The first-order valence-electron chi connectivity index (χ1n) is 7.04. The summed E-state index contributed by atoms with van der Waals surface area (Å²) in [5, 5.41) is 4.26. The Hall–Kier alpha value is -2.43. The normalized spacial score (nSPS) is 13.9. The smallest absolute Gasteiger partial charge is 0.341 e. The Morgan fingerprint density at radius 2 is 2.24 bits per heavy atom. The molecule has 0 fully saturated rings. The standard InChI is InChI=1S/C16H18N2O3/c1-3-21-16(19)13-9-17-7-6-12-11-5-4-10(20-2)8-14(11)18-15(12)13/h4-5,8-9,17-18H,3,6-7H2,1-2H3. The fourth-order valence-electron chi connectivity index (χ4n) is 2.66. The number of ether oxygens (including phenoxy) is 2. The average molecular weight is 286 g/mol. The Balaban J connectivity index is 2.14. The van der Waals surface area contributed by atoms with Gasteiger partial charge < -0.3 is 19.8 Å². The van der Waals surface area contributed by atoms with Crippen LogP contribution in [0.4, 0.5) is 0 Å². The highest BCUT2D eigenvalue weighted by molar-refractivity contribution is 6.17. The van der Waals surface area contributed by atoms with Crippen molar-refractivity contribution in [1.82, 2.24) is 10.3 Å². The van der Waals surface area contributed by atoms with Crippen molar-refractivity contribution < 1.29 is 14.3 Å². The van der Waals surface area contributed by atoms with Crippen molar-refractivity contribution >= 4 is 22.4 Å². The number of carbonyl (C=O) groups excluding carboxylic acids is 1. The Bertz CT molecular complexity index is 716. The number of carbonyl (C=O) groups is 1. The van der Waals surface area contributed by atoms with Crippen molar-refractivity contribution in [2.24, 2.45) is 0 Å². The zero-order valence-corrected chi connectivity index (χ0v) is 12.2. The van der Waals surface area contributed by atoms with Gasteiger partial charge in [-0.1, -0.05) is 0 Å². The van der Waals surface area contributed by atoms with Crippen LogP contribution in [0.15, 0.2) is 24.4 Å². The van der Waals surface area contributed by atoms with Crippen molar-refractivity contribution in [1.29, 1.82) is 0 Å². The average Bonchev–Trinajstić information content (AvgIpc) is 2.71. The van der Waals surface area contributed by atoms with Crippen LogP contribution in [-0.2, 0) is 16.0 Å². The van der Waals surface area contributed by atoms with Crippen LogP contribution in [0, 0.1) is 0 Å². The summed E-state index contributed by atoms with van der Waals surface area (Å²) in [7, 11) is 1.64. The van der Waals surface area contributed by atoms with Gasteiger partial charge in [0, 0.05) is 29.7 Å². The van der Waals surface area contributed by atoms with Crippen molar-refractivity contribution in [3.63, 3.8) is 0 Å². The molecule has 0 spiro atoms. The molecule has 2 heterocycles.